The van der Waals surface area contributed by atoms with E-state index in [-0.39, 0.29) is 31.2 Å². The molecule has 1 N–H and O–H groups in total. The first-order valence-corrected chi connectivity index (χ1v) is 8.67. The molecule has 0 saturated heterocycles. The van der Waals surface area contributed by atoms with E-state index < -0.39 is 11.6 Å². The van der Waals surface area contributed by atoms with Crippen LogP contribution in [0.2, 0.25) is 0 Å². The summed E-state index contributed by atoms with van der Waals surface area (Å²) >= 11 is 0. The molecule has 0 spiro atoms. The van der Waals surface area contributed by atoms with Gasteiger partial charge in [-0.1, -0.05) is 11.3 Å². The van der Waals surface area contributed by atoms with Crippen LogP contribution in [-0.4, -0.2) is 27.8 Å². The van der Waals surface area contributed by atoms with Crippen molar-refractivity contribution in [1.29, 1.82) is 0 Å². The summed E-state index contributed by atoms with van der Waals surface area (Å²) in [5, 5.41) is 11.6. The summed E-state index contributed by atoms with van der Waals surface area (Å²) in [5.74, 6) is -0.0331. The molecule has 2 aromatic carbocycles. The molecule has 2 heterocycles. The van der Waals surface area contributed by atoms with E-state index in [1.54, 1.807) is 16.9 Å². The number of ether oxygens (including phenoxy) is 2. The second-order valence-corrected chi connectivity index (χ2v) is 6.68. The first kappa shape index (κ1) is 18.6. The third-order valence-corrected chi connectivity index (χ3v) is 4.93. The predicted molar refractivity (Wildman–Crippen MR) is 99.1 cm³/mol. The average molecular weight is 407 g/mol. The van der Waals surface area contributed by atoms with E-state index >= 15 is 0 Å². The van der Waals surface area contributed by atoms with Crippen LogP contribution < -0.4 is 14.8 Å². The van der Waals surface area contributed by atoms with Crippen LogP contribution in [0.15, 0.2) is 42.6 Å². The number of hydrogen-bond donors (Lipinski definition) is 1. The first-order chi connectivity index (χ1) is 13.2. The lowest BCUT2D eigenvalue weighted by Crippen LogP contribution is -2.19. The fraction of sp³-hybridized carbons (Fsp3) is 0.263. The zero-order chi connectivity index (χ0) is 18.4. The second-order valence-electron chi connectivity index (χ2n) is 6.68. The highest BCUT2D eigenvalue weighted by molar-refractivity contribution is 5.85. The van der Waals surface area contributed by atoms with Crippen molar-refractivity contribution < 1.29 is 18.3 Å². The normalized spacial score (nSPS) is 19.4. The number of hydrogen-bond acceptors (Lipinski definition) is 5. The molecule has 6 nitrogen and oxygen atoms in total. The van der Waals surface area contributed by atoms with Crippen LogP contribution >= 0.6 is 12.4 Å². The summed E-state index contributed by atoms with van der Waals surface area (Å²) in [6.07, 6.45) is 2.59. The first-order valence-electron chi connectivity index (χ1n) is 8.67. The summed E-state index contributed by atoms with van der Waals surface area (Å²) in [4.78, 5) is 0. The van der Waals surface area contributed by atoms with E-state index in [0.717, 1.165) is 23.4 Å². The van der Waals surface area contributed by atoms with Crippen LogP contribution in [0.1, 0.15) is 23.6 Å². The van der Waals surface area contributed by atoms with Crippen LogP contribution in [0.25, 0.3) is 5.69 Å². The van der Waals surface area contributed by atoms with Gasteiger partial charge in [-0.25, -0.2) is 13.5 Å². The molecule has 0 radical (unpaired) electrons. The molecule has 28 heavy (non-hydrogen) atoms. The molecule has 0 unspecified atom stereocenters. The van der Waals surface area contributed by atoms with Crippen LogP contribution in [-0.2, 0) is 6.54 Å². The molecule has 1 aliphatic carbocycles. The molecule has 3 aromatic rings. The average Bonchev–Trinajstić information content (AvgIpc) is 3.07. The highest BCUT2D eigenvalue weighted by atomic mass is 35.5. The van der Waals surface area contributed by atoms with Gasteiger partial charge in [-0.05, 0) is 36.2 Å². The SMILES string of the molecule is Cl.Fc1ccc([C@@H]2C[C@H]2NCc2cnnn2-c2ccc3c(c2)OCO3)cc1F. The minimum atomic E-state index is -0.817. The molecule has 9 heteroatoms. The number of aromatic nitrogens is 3. The van der Waals surface area contributed by atoms with Gasteiger partial charge in [-0.15, -0.1) is 17.5 Å². The van der Waals surface area contributed by atoms with E-state index in [1.807, 2.05) is 18.2 Å². The summed E-state index contributed by atoms with van der Waals surface area (Å²) in [6, 6.07) is 9.92. The van der Waals surface area contributed by atoms with Crippen LogP contribution in [0, 0.1) is 11.6 Å². The molecule has 146 valence electrons. The Bertz CT molecular complexity index is 1010. The third-order valence-electron chi connectivity index (χ3n) is 4.93. The zero-order valence-electron chi connectivity index (χ0n) is 14.6. The third kappa shape index (κ3) is 3.41. The minimum Gasteiger partial charge on any atom is -0.454 e. The van der Waals surface area contributed by atoms with Gasteiger partial charge in [0, 0.05) is 24.6 Å². The molecule has 1 saturated carbocycles. The monoisotopic (exact) mass is 406 g/mol. The van der Waals surface area contributed by atoms with Gasteiger partial charge < -0.3 is 14.8 Å². The van der Waals surface area contributed by atoms with Gasteiger partial charge in [-0.3, -0.25) is 0 Å². The van der Waals surface area contributed by atoms with Crippen molar-refractivity contribution in [1.82, 2.24) is 20.3 Å². The lowest BCUT2D eigenvalue weighted by atomic mass is 10.1. The zero-order valence-corrected chi connectivity index (χ0v) is 15.5. The molecule has 2 atom stereocenters. The fourth-order valence-electron chi connectivity index (χ4n) is 3.38. The predicted octanol–water partition coefficient (Wildman–Crippen LogP) is 3.34. The van der Waals surface area contributed by atoms with Crippen molar-refractivity contribution in [2.75, 3.05) is 6.79 Å². The Balaban J connectivity index is 0.00000192. The molecule has 0 amide bonds. The van der Waals surface area contributed by atoms with Crippen molar-refractivity contribution in [3.05, 3.63) is 65.5 Å². The molecule has 2 aliphatic rings. The maximum atomic E-state index is 13.4. The molecular formula is C19H17ClF2N4O2. The Labute approximate surface area is 165 Å². The highest BCUT2D eigenvalue weighted by Crippen LogP contribution is 2.41. The maximum Gasteiger partial charge on any atom is 0.231 e. The van der Waals surface area contributed by atoms with Crippen molar-refractivity contribution in [2.24, 2.45) is 0 Å². The molecular weight excluding hydrogens is 390 g/mol. The lowest BCUT2D eigenvalue weighted by Gasteiger charge is -2.08. The van der Waals surface area contributed by atoms with Crippen molar-refractivity contribution in [3.63, 3.8) is 0 Å². The lowest BCUT2D eigenvalue weighted by molar-refractivity contribution is 0.174. The standard InChI is InChI=1S/C19H16F2N4O2.ClH/c20-15-3-1-11(5-16(15)21)14-7-17(14)22-8-13-9-23-24-25(13)12-2-4-18-19(6-12)27-10-26-18;/h1-6,9,14,17,22H,7-8,10H2;1H/t14-,17+;/m0./s1. The molecule has 1 aromatic heterocycles. The molecule has 1 fully saturated rings. The Morgan fingerprint density at radius 1 is 1.07 bits per heavy atom. The summed E-state index contributed by atoms with van der Waals surface area (Å²) in [6.45, 7) is 0.782. The van der Waals surface area contributed by atoms with Gasteiger partial charge in [0.15, 0.2) is 23.1 Å². The minimum absolute atomic E-state index is 0. The van der Waals surface area contributed by atoms with Gasteiger partial charge in [-0.2, -0.15) is 0 Å². The number of rotatable bonds is 5. The van der Waals surface area contributed by atoms with Gasteiger partial charge in [0.1, 0.15) is 0 Å². The number of fused-ring (bicyclic) bond motifs is 1. The Kier molecular flexibility index (Phi) is 4.91. The number of nitrogens with zero attached hydrogens (tertiary/aromatic N) is 3. The largest absolute Gasteiger partial charge is 0.454 e. The maximum absolute atomic E-state index is 13.4. The number of benzene rings is 2. The number of halogens is 3. The van der Waals surface area contributed by atoms with Crippen LogP contribution in [0.3, 0.4) is 0 Å². The molecule has 1 aliphatic heterocycles. The van der Waals surface area contributed by atoms with Crippen molar-refractivity contribution in [3.8, 4) is 17.2 Å². The van der Waals surface area contributed by atoms with E-state index in [1.165, 1.54) is 12.1 Å². The Morgan fingerprint density at radius 3 is 2.79 bits per heavy atom. The van der Waals surface area contributed by atoms with Gasteiger partial charge in [0.05, 0.1) is 17.6 Å². The van der Waals surface area contributed by atoms with E-state index in [4.69, 9.17) is 9.47 Å². The Hall–Kier alpha value is -2.71. The van der Waals surface area contributed by atoms with E-state index in [2.05, 4.69) is 15.6 Å². The summed E-state index contributed by atoms with van der Waals surface area (Å²) in [5.41, 5.74) is 2.54. The fourth-order valence-corrected chi connectivity index (χ4v) is 3.38. The van der Waals surface area contributed by atoms with Gasteiger partial charge in [0.2, 0.25) is 6.79 Å². The Morgan fingerprint density at radius 2 is 1.93 bits per heavy atom. The van der Waals surface area contributed by atoms with Gasteiger partial charge in [0.25, 0.3) is 0 Å². The smallest absolute Gasteiger partial charge is 0.231 e. The van der Waals surface area contributed by atoms with Crippen molar-refractivity contribution in [2.45, 2.75) is 24.9 Å². The van der Waals surface area contributed by atoms with Crippen LogP contribution in [0.4, 0.5) is 8.78 Å². The molecule has 0 bridgehead atoms. The quantitative estimate of drug-likeness (QED) is 0.704. The number of nitrogens with one attached hydrogen (secondary N) is 1. The summed E-state index contributed by atoms with van der Waals surface area (Å²) < 4.78 is 39.0. The van der Waals surface area contributed by atoms with E-state index in [0.29, 0.717) is 18.0 Å². The second kappa shape index (κ2) is 7.37. The topological polar surface area (TPSA) is 61.2 Å². The van der Waals surface area contributed by atoms with Crippen molar-refractivity contribution >= 4 is 12.4 Å². The summed E-state index contributed by atoms with van der Waals surface area (Å²) in [7, 11) is 0. The molecule has 5 rings (SSSR count). The van der Waals surface area contributed by atoms with Gasteiger partial charge >= 0.3 is 0 Å². The highest BCUT2D eigenvalue weighted by Gasteiger charge is 2.38. The van der Waals surface area contributed by atoms with E-state index in [9.17, 15) is 8.78 Å². The van der Waals surface area contributed by atoms with Crippen LogP contribution in [0.5, 0.6) is 11.5 Å².